The lowest BCUT2D eigenvalue weighted by molar-refractivity contribution is 0.102. The quantitative estimate of drug-likeness (QED) is 0.526. The summed E-state index contributed by atoms with van der Waals surface area (Å²) >= 11 is 0. The van der Waals surface area contributed by atoms with E-state index in [-0.39, 0.29) is 11.7 Å². The Labute approximate surface area is 183 Å². The SMILES string of the molecule is CCN(c1ccc(C(=O)Nc2ccc(OCc3ccccc3)cc2)cc1)S(=O)(=O)CC. The molecule has 0 heterocycles. The van der Waals surface area contributed by atoms with E-state index in [1.807, 2.05) is 30.3 Å². The maximum Gasteiger partial charge on any atom is 0.255 e. The highest BCUT2D eigenvalue weighted by molar-refractivity contribution is 7.92. The highest BCUT2D eigenvalue weighted by atomic mass is 32.2. The normalized spacial score (nSPS) is 11.0. The third-order valence-corrected chi connectivity index (χ3v) is 6.64. The first kappa shape index (κ1) is 22.4. The van der Waals surface area contributed by atoms with E-state index in [2.05, 4.69) is 5.32 Å². The lowest BCUT2D eigenvalue weighted by Crippen LogP contribution is -2.32. The van der Waals surface area contributed by atoms with Gasteiger partial charge in [0.2, 0.25) is 10.0 Å². The molecule has 0 spiro atoms. The lowest BCUT2D eigenvalue weighted by atomic mass is 10.2. The number of anilines is 2. The molecule has 162 valence electrons. The van der Waals surface area contributed by atoms with Gasteiger partial charge in [-0.1, -0.05) is 30.3 Å². The van der Waals surface area contributed by atoms with Gasteiger partial charge < -0.3 is 10.1 Å². The van der Waals surface area contributed by atoms with Gasteiger partial charge in [-0.05, 0) is 67.9 Å². The zero-order valence-corrected chi connectivity index (χ0v) is 18.4. The fourth-order valence-electron chi connectivity index (χ4n) is 3.05. The molecular weight excluding hydrogens is 412 g/mol. The standard InChI is InChI=1S/C24H26N2O4S/c1-3-26(31(28,29)4-2)22-14-10-20(11-15-22)24(27)25-21-12-16-23(17-13-21)30-18-19-8-6-5-7-9-19/h5-17H,3-4,18H2,1-2H3,(H,25,27). The second kappa shape index (κ2) is 10.1. The maximum atomic E-state index is 12.5. The largest absolute Gasteiger partial charge is 0.489 e. The molecule has 0 saturated heterocycles. The van der Waals surface area contributed by atoms with Crippen LogP contribution in [0.3, 0.4) is 0 Å². The number of nitrogens with zero attached hydrogens (tertiary/aromatic N) is 1. The van der Waals surface area contributed by atoms with Crippen molar-refractivity contribution < 1.29 is 17.9 Å². The Bertz CT molecular complexity index is 1100. The summed E-state index contributed by atoms with van der Waals surface area (Å²) in [6.07, 6.45) is 0. The van der Waals surface area contributed by atoms with Crippen LogP contribution in [-0.2, 0) is 16.6 Å². The van der Waals surface area contributed by atoms with Crippen LogP contribution in [0.2, 0.25) is 0 Å². The lowest BCUT2D eigenvalue weighted by Gasteiger charge is -2.22. The summed E-state index contributed by atoms with van der Waals surface area (Å²) < 4.78 is 31.5. The molecule has 31 heavy (non-hydrogen) atoms. The zero-order chi connectivity index (χ0) is 22.3. The number of nitrogens with one attached hydrogen (secondary N) is 1. The van der Waals surface area contributed by atoms with Crippen LogP contribution in [-0.4, -0.2) is 26.6 Å². The molecule has 0 bridgehead atoms. The first-order chi connectivity index (χ1) is 14.9. The summed E-state index contributed by atoms with van der Waals surface area (Å²) in [5.41, 5.74) is 2.71. The molecule has 7 heteroatoms. The number of hydrogen-bond acceptors (Lipinski definition) is 4. The maximum absolute atomic E-state index is 12.5. The van der Waals surface area contributed by atoms with Crippen molar-refractivity contribution in [3.63, 3.8) is 0 Å². The molecule has 3 rings (SSSR count). The van der Waals surface area contributed by atoms with Crippen LogP contribution in [0, 0.1) is 0 Å². The van der Waals surface area contributed by atoms with E-state index < -0.39 is 10.0 Å². The Morgan fingerprint density at radius 3 is 2.13 bits per heavy atom. The van der Waals surface area contributed by atoms with Crippen LogP contribution < -0.4 is 14.4 Å². The van der Waals surface area contributed by atoms with Gasteiger partial charge in [-0.15, -0.1) is 0 Å². The number of ether oxygens (including phenoxy) is 1. The van der Waals surface area contributed by atoms with E-state index >= 15 is 0 Å². The molecule has 0 fully saturated rings. The van der Waals surface area contributed by atoms with Crippen LogP contribution in [0.4, 0.5) is 11.4 Å². The van der Waals surface area contributed by atoms with Gasteiger partial charge in [0.1, 0.15) is 12.4 Å². The third kappa shape index (κ3) is 5.86. The number of benzene rings is 3. The van der Waals surface area contributed by atoms with Crippen molar-refractivity contribution in [2.45, 2.75) is 20.5 Å². The first-order valence-corrected chi connectivity index (χ1v) is 11.7. The Balaban J connectivity index is 1.61. The topological polar surface area (TPSA) is 75.7 Å². The van der Waals surface area contributed by atoms with Gasteiger partial charge in [0.15, 0.2) is 0 Å². The Kier molecular flexibility index (Phi) is 7.31. The van der Waals surface area contributed by atoms with Gasteiger partial charge in [0.25, 0.3) is 5.91 Å². The minimum atomic E-state index is -3.35. The highest BCUT2D eigenvalue weighted by Crippen LogP contribution is 2.21. The van der Waals surface area contributed by atoms with Crippen LogP contribution in [0.1, 0.15) is 29.8 Å². The molecule has 1 amide bonds. The summed E-state index contributed by atoms with van der Waals surface area (Å²) in [4.78, 5) is 12.5. The molecule has 0 unspecified atom stereocenters. The third-order valence-electron chi connectivity index (χ3n) is 4.77. The van der Waals surface area contributed by atoms with Crippen molar-refractivity contribution in [1.82, 2.24) is 0 Å². The van der Waals surface area contributed by atoms with Gasteiger partial charge in [-0.2, -0.15) is 0 Å². The average Bonchev–Trinajstić information content (AvgIpc) is 2.80. The molecule has 3 aromatic rings. The predicted octanol–water partition coefficient (Wildman–Crippen LogP) is 4.69. The molecule has 0 atom stereocenters. The van der Waals surface area contributed by atoms with Gasteiger partial charge in [-0.3, -0.25) is 9.10 Å². The summed E-state index contributed by atoms with van der Waals surface area (Å²) in [5, 5.41) is 2.84. The van der Waals surface area contributed by atoms with Crippen LogP contribution in [0.5, 0.6) is 5.75 Å². The number of carbonyl (C=O) groups is 1. The van der Waals surface area contributed by atoms with Crippen molar-refractivity contribution in [2.24, 2.45) is 0 Å². The van der Waals surface area contributed by atoms with Crippen LogP contribution in [0.25, 0.3) is 0 Å². The number of rotatable bonds is 9. The fourth-order valence-corrected chi connectivity index (χ4v) is 4.20. The summed E-state index contributed by atoms with van der Waals surface area (Å²) in [6.45, 7) is 4.20. The van der Waals surface area contributed by atoms with Crippen molar-refractivity contribution in [2.75, 3.05) is 21.9 Å². The van der Waals surface area contributed by atoms with Crippen molar-refractivity contribution in [3.05, 3.63) is 90.0 Å². The fraction of sp³-hybridized carbons (Fsp3) is 0.208. The highest BCUT2D eigenvalue weighted by Gasteiger charge is 2.19. The molecule has 3 aromatic carbocycles. The van der Waals surface area contributed by atoms with Crippen molar-refractivity contribution in [3.8, 4) is 5.75 Å². The second-order valence-electron chi connectivity index (χ2n) is 6.86. The molecule has 0 aromatic heterocycles. The molecule has 0 aliphatic rings. The number of hydrogen-bond donors (Lipinski definition) is 1. The van der Waals surface area contributed by atoms with E-state index in [0.717, 1.165) is 5.56 Å². The van der Waals surface area contributed by atoms with E-state index in [1.165, 1.54) is 4.31 Å². The molecular formula is C24H26N2O4S. The monoisotopic (exact) mass is 438 g/mol. The molecule has 0 aliphatic carbocycles. The molecule has 0 radical (unpaired) electrons. The molecule has 0 saturated carbocycles. The first-order valence-electron chi connectivity index (χ1n) is 10.1. The summed E-state index contributed by atoms with van der Waals surface area (Å²) in [6, 6.07) is 23.6. The molecule has 1 N–H and O–H groups in total. The van der Waals surface area contributed by atoms with Gasteiger partial charge in [0.05, 0.1) is 11.4 Å². The Hall–Kier alpha value is -3.32. The average molecular weight is 439 g/mol. The van der Waals surface area contributed by atoms with Crippen LogP contribution >= 0.6 is 0 Å². The minimum Gasteiger partial charge on any atom is -0.489 e. The Morgan fingerprint density at radius 2 is 1.55 bits per heavy atom. The number of sulfonamides is 1. The summed E-state index contributed by atoms with van der Waals surface area (Å²) in [5.74, 6) is 0.461. The van der Waals surface area contributed by atoms with Gasteiger partial charge in [0, 0.05) is 17.8 Å². The number of carbonyl (C=O) groups excluding carboxylic acids is 1. The zero-order valence-electron chi connectivity index (χ0n) is 17.6. The van der Waals surface area contributed by atoms with E-state index in [1.54, 1.807) is 62.4 Å². The summed E-state index contributed by atoms with van der Waals surface area (Å²) in [7, 11) is -3.35. The van der Waals surface area contributed by atoms with Crippen molar-refractivity contribution in [1.29, 1.82) is 0 Å². The van der Waals surface area contributed by atoms with Crippen molar-refractivity contribution >= 4 is 27.3 Å². The Morgan fingerprint density at radius 1 is 0.903 bits per heavy atom. The van der Waals surface area contributed by atoms with E-state index in [0.29, 0.717) is 35.8 Å². The van der Waals surface area contributed by atoms with E-state index in [9.17, 15) is 13.2 Å². The molecule has 6 nitrogen and oxygen atoms in total. The van der Waals surface area contributed by atoms with Gasteiger partial charge >= 0.3 is 0 Å². The van der Waals surface area contributed by atoms with Gasteiger partial charge in [-0.25, -0.2) is 8.42 Å². The van der Waals surface area contributed by atoms with Crippen LogP contribution in [0.15, 0.2) is 78.9 Å². The minimum absolute atomic E-state index is 0.0220. The predicted molar refractivity (Wildman–Crippen MR) is 124 cm³/mol. The van der Waals surface area contributed by atoms with E-state index in [4.69, 9.17) is 4.74 Å². The smallest absolute Gasteiger partial charge is 0.255 e. The molecule has 0 aliphatic heterocycles. The second-order valence-corrected chi connectivity index (χ2v) is 9.05. The number of amides is 1.